The van der Waals surface area contributed by atoms with Gasteiger partial charge in [0.1, 0.15) is 0 Å². The van der Waals surface area contributed by atoms with Crippen molar-refractivity contribution >= 4 is 16.6 Å². The molecule has 0 spiro atoms. The molecule has 0 fully saturated rings. The first-order valence-corrected chi connectivity index (χ1v) is 5.93. The SMILES string of the molecule is Cc1cc(C)c2nc3c(c(N)c2c1)COCC3. The van der Waals surface area contributed by atoms with Gasteiger partial charge in [0, 0.05) is 23.1 Å². The van der Waals surface area contributed by atoms with Gasteiger partial charge in [-0.2, -0.15) is 0 Å². The van der Waals surface area contributed by atoms with Crippen LogP contribution >= 0.6 is 0 Å². The van der Waals surface area contributed by atoms with Crippen LogP contribution in [0.25, 0.3) is 10.9 Å². The fraction of sp³-hybridized carbons (Fsp3) is 0.357. The predicted molar refractivity (Wildman–Crippen MR) is 69.0 cm³/mol. The molecule has 0 aliphatic carbocycles. The summed E-state index contributed by atoms with van der Waals surface area (Å²) in [6.45, 7) is 5.52. The minimum Gasteiger partial charge on any atom is -0.398 e. The Bertz CT molecular complexity index is 605. The van der Waals surface area contributed by atoms with E-state index in [1.54, 1.807) is 0 Å². The lowest BCUT2D eigenvalue weighted by Crippen LogP contribution is -2.14. The molecule has 1 aliphatic heterocycles. The second-order valence-electron chi connectivity index (χ2n) is 4.73. The summed E-state index contributed by atoms with van der Waals surface area (Å²) >= 11 is 0. The van der Waals surface area contributed by atoms with Crippen molar-refractivity contribution < 1.29 is 4.74 Å². The quantitative estimate of drug-likeness (QED) is 0.753. The minimum atomic E-state index is 0.594. The van der Waals surface area contributed by atoms with Crippen LogP contribution < -0.4 is 5.73 Å². The first kappa shape index (κ1) is 10.5. The maximum Gasteiger partial charge on any atom is 0.0755 e. The van der Waals surface area contributed by atoms with Crippen molar-refractivity contribution in [2.45, 2.75) is 26.9 Å². The van der Waals surface area contributed by atoms with Crippen LogP contribution in [-0.2, 0) is 17.8 Å². The van der Waals surface area contributed by atoms with Gasteiger partial charge in [0.2, 0.25) is 0 Å². The van der Waals surface area contributed by atoms with E-state index in [4.69, 9.17) is 15.5 Å². The smallest absolute Gasteiger partial charge is 0.0755 e. The number of benzene rings is 1. The number of nitrogen functional groups attached to an aromatic ring is 1. The number of ether oxygens (including phenoxy) is 1. The topological polar surface area (TPSA) is 48.1 Å². The average Bonchev–Trinajstić information content (AvgIpc) is 2.31. The third kappa shape index (κ3) is 1.58. The molecule has 0 saturated carbocycles. The van der Waals surface area contributed by atoms with Gasteiger partial charge < -0.3 is 10.5 Å². The zero-order valence-electron chi connectivity index (χ0n) is 10.2. The van der Waals surface area contributed by atoms with Crippen LogP contribution in [0.1, 0.15) is 22.4 Å². The second-order valence-corrected chi connectivity index (χ2v) is 4.73. The van der Waals surface area contributed by atoms with Gasteiger partial charge in [-0.05, 0) is 25.5 Å². The number of aromatic nitrogens is 1. The number of anilines is 1. The summed E-state index contributed by atoms with van der Waals surface area (Å²) in [5, 5.41) is 1.06. The number of pyridine rings is 1. The fourth-order valence-corrected chi connectivity index (χ4v) is 2.55. The molecule has 0 unspecified atom stereocenters. The molecule has 0 amide bonds. The molecular weight excluding hydrogens is 212 g/mol. The number of rotatable bonds is 0. The van der Waals surface area contributed by atoms with Gasteiger partial charge >= 0.3 is 0 Å². The maximum atomic E-state index is 6.26. The molecule has 3 rings (SSSR count). The molecule has 2 aromatic rings. The molecule has 2 heterocycles. The number of nitrogens with zero attached hydrogens (tertiary/aromatic N) is 1. The Morgan fingerprint density at radius 1 is 1.29 bits per heavy atom. The fourth-order valence-electron chi connectivity index (χ4n) is 2.55. The summed E-state index contributed by atoms with van der Waals surface area (Å²) < 4.78 is 5.47. The van der Waals surface area contributed by atoms with Crippen molar-refractivity contribution in [3.8, 4) is 0 Å². The van der Waals surface area contributed by atoms with Gasteiger partial charge in [-0.15, -0.1) is 0 Å². The lowest BCUT2D eigenvalue weighted by atomic mass is 10.00. The number of hydrogen-bond acceptors (Lipinski definition) is 3. The van der Waals surface area contributed by atoms with E-state index in [0.29, 0.717) is 6.61 Å². The molecule has 3 nitrogen and oxygen atoms in total. The molecule has 0 bridgehead atoms. The zero-order chi connectivity index (χ0) is 12.0. The van der Waals surface area contributed by atoms with Gasteiger partial charge in [0.15, 0.2) is 0 Å². The number of aryl methyl sites for hydroxylation is 2. The maximum absolute atomic E-state index is 6.26. The summed E-state index contributed by atoms with van der Waals surface area (Å²) in [6.07, 6.45) is 0.864. The molecule has 3 heteroatoms. The lowest BCUT2D eigenvalue weighted by molar-refractivity contribution is 0.110. The van der Waals surface area contributed by atoms with Gasteiger partial charge in [-0.25, -0.2) is 0 Å². The van der Waals surface area contributed by atoms with Crippen LogP contribution in [0.3, 0.4) is 0 Å². The third-order valence-corrected chi connectivity index (χ3v) is 3.38. The molecule has 2 N–H and O–H groups in total. The van der Waals surface area contributed by atoms with Crippen LogP contribution in [0, 0.1) is 13.8 Å². The highest BCUT2D eigenvalue weighted by molar-refractivity contribution is 5.94. The van der Waals surface area contributed by atoms with E-state index >= 15 is 0 Å². The Kier molecular flexibility index (Phi) is 2.30. The van der Waals surface area contributed by atoms with E-state index in [1.807, 2.05) is 0 Å². The second kappa shape index (κ2) is 3.70. The highest BCUT2D eigenvalue weighted by atomic mass is 16.5. The monoisotopic (exact) mass is 228 g/mol. The molecule has 0 radical (unpaired) electrons. The highest BCUT2D eigenvalue weighted by Crippen LogP contribution is 2.31. The van der Waals surface area contributed by atoms with E-state index in [1.165, 1.54) is 11.1 Å². The normalized spacial score (nSPS) is 14.9. The standard InChI is InChI=1S/C14H16N2O/c1-8-5-9(2)14-10(6-8)13(15)11-7-17-4-3-12(11)16-14/h5-6H,3-4,7H2,1-2H3,(H2,15,16). The number of hydrogen-bond donors (Lipinski definition) is 1. The minimum absolute atomic E-state index is 0.594. The first-order valence-electron chi connectivity index (χ1n) is 5.93. The third-order valence-electron chi connectivity index (χ3n) is 3.38. The van der Waals surface area contributed by atoms with E-state index in [0.717, 1.165) is 40.9 Å². The van der Waals surface area contributed by atoms with E-state index in [2.05, 4.69) is 26.0 Å². The average molecular weight is 228 g/mol. The molecule has 88 valence electrons. The van der Waals surface area contributed by atoms with Crippen molar-refractivity contribution in [1.29, 1.82) is 0 Å². The van der Waals surface area contributed by atoms with Crippen LogP contribution in [0.15, 0.2) is 12.1 Å². The van der Waals surface area contributed by atoms with Gasteiger partial charge in [0.25, 0.3) is 0 Å². The van der Waals surface area contributed by atoms with Crippen molar-refractivity contribution in [2.24, 2.45) is 0 Å². The van der Waals surface area contributed by atoms with Crippen LogP contribution in [0.5, 0.6) is 0 Å². The van der Waals surface area contributed by atoms with Gasteiger partial charge in [-0.3, -0.25) is 4.98 Å². The van der Waals surface area contributed by atoms with Crippen molar-refractivity contribution in [3.05, 3.63) is 34.5 Å². The Morgan fingerprint density at radius 2 is 2.12 bits per heavy atom. The molecule has 1 aromatic heterocycles. The van der Waals surface area contributed by atoms with Crippen molar-refractivity contribution in [2.75, 3.05) is 12.3 Å². The molecule has 0 saturated heterocycles. The van der Waals surface area contributed by atoms with Gasteiger partial charge in [0.05, 0.1) is 24.4 Å². The first-order chi connectivity index (χ1) is 8.16. The molecule has 1 aliphatic rings. The zero-order valence-corrected chi connectivity index (χ0v) is 10.2. The lowest BCUT2D eigenvalue weighted by Gasteiger charge is -2.19. The summed E-state index contributed by atoms with van der Waals surface area (Å²) in [6, 6.07) is 4.26. The molecule has 17 heavy (non-hydrogen) atoms. The highest BCUT2D eigenvalue weighted by Gasteiger charge is 2.17. The van der Waals surface area contributed by atoms with Crippen molar-refractivity contribution in [3.63, 3.8) is 0 Å². The summed E-state index contributed by atoms with van der Waals surface area (Å²) in [5.41, 5.74) is 12.7. The Labute approximate surface area is 101 Å². The molecule has 0 atom stereocenters. The summed E-state index contributed by atoms with van der Waals surface area (Å²) in [5.74, 6) is 0. The Morgan fingerprint density at radius 3 is 2.94 bits per heavy atom. The number of fused-ring (bicyclic) bond motifs is 2. The van der Waals surface area contributed by atoms with Crippen LogP contribution in [-0.4, -0.2) is 11.6 Å². The molecule has 1 aromatic carbocycles. The van der Waals surface area contributed by atoms with Gasteiger partial charge in [-0.1, -0.05) is 11.6 Å². The van der Waals surface area contributed by atoms with Crippen LogP contribution in [0.4, 0.5) is 5.69 Å². The summed E-state index contributed by atoms with van der Waals surface area (Å²) in [4.78, 5) is 4.76. The number of nitrogens with two attached hydrogens (primary N) is 1. The van der Waals surface area contributed by atoms with Crippen molar-refractivity contribution in [1.82, 2.24) is 4.98 Å². The molecular formula is C14H16N2O. The largest absolute Gasteiger partial charge is 0.398 e. The predicted octanol–water partition coefficient (Wildman–Crippen LogP) is 2.51. The van der Waals surface area contributed by atoms with E-state index in [9.17, 15) is 0 Å². The summed E-state index contributed by atoms with van der Waals surface area (Å²) in [7, 11) is 0. The Balaban J connectivity index is 2.40. The van der Waals surface area contributed by atoms with E-state index in [-0.39, 0.29) is 0 Å². The Hall–Kier alpha value is -1.61. The van der Waals surface area contributed by atoms with Crippen LogP contribution in [0.2, 0.25) is 0 Å². The van der Waals surface area contributed by atoms with E-state index < -0.39 is 0 Å².